The molecule has 184 valence electrons. The molecule has 1 aliphatic heterocycles. The molecule has 35 heavy (non-hydrogen) atoms. The number of ether oxygens (including phenoxy) is 1. The number of halogens is 1. The lowest BCUT2D eigenvalue weighted by molar-refractivity contribution is -0.517. The number of anilines is 2. The summed E-state index contributed by atoms with van der Waals surface area (Å²) >= 11 is 5.93. The number of nitrogens with zero attached hydrogens (tertiary/aromatic N) is 2. The van der Waals surface area contributed by atoms with Crippen molar-refractivity contribution in [3.8, 4) is 6.07 Å². The first kappa shape index (κ1) is 26.4. The van der Waals surface area contributed by atoms with Gasteiger partial charge in [-0.25, -0.2) is 0 Å². The van der Waals surface area contributed by atoms with Gasteiger partial charge in [0.1, 0.15) is 23.0 Å². The van der Waals surface area contributed by atoms with Gasteiger partial charge >= 0.3 is 0 Å². The predicted molar refractivity (Wildman–Crippen MR) is 139 cm³/mol. The second kappa shape index (κ2) is 13.0. The van der Waals surface area contributed by atoms with Crippen LogP contribution in [0.1, 0.15) is 25.3 Å². The Labute approximate surface area is 211 Å². The minimum absolute atomic E-state index is 0.241. The third-order valence-corrected chi connectivity index (χ3v) is 6.27. The minimum atomic E-state index is -0.401. The number of hydrogen-bond donors (Lipinski definition) is 4. The molecule has 1 heterocycles. The van der Waals surface area contributed by atoms with Gasteiger partial charge in [-0.2, -0.15) is 5.26 Å². The number of rotatable bonds is 10. The number of nitrogens with one attached hydrogen (secondary N) is 3. The fraction of sp³-hybridized carbons (Fsp3) is 0.346. The van der Waals surface area contributed by atoms with Crippen molar-refractivity contribution in [2.45, 2.75) is 25.8 Å². The fourth-order valence-corrected chi connectivity index (χ4v) is 4.24. The van der Waals surface area contributed by atoms with Crippen molar-refractivity contribution >= 4 is 40.8 Å². The van der Waals surface area contributed by atoms with Crippen LogP contribution in [-0.4, -0.2) is 51.5 Å². The summed E-state index contributed by atoms with van der Waals surface area (Å²) < 4.78 is 5.10. The monoisotopic (exact) mass is 495 g/mol. The van der Waals surface area contributed by atoms with Crippen molar-refractivity contribution in [1.82, 2.24) is 5.32 Å². The van der Waals surface area contributed by atoms with Gasteiger partial charge in [0.05, 0.1) is 17.9 Å². The summed E-state index contributed by atoms with van der Waals surface area (Å²) in [6, 6.07) is 15.3. The number of nitriles is 1. The van der Waals surface area contributed by atoms with Gasteiger partial charge in [-0.3, -0.25) is 10.1 Å². The Kier molecular flexibility index (Phi) is 9.82. The SMILES string of the molecule is COCCNC1CCN(c2ccc(NC(=O)/C(C=N)=C(\C)[NH2+]c3ccc(Cl)cc3)cc2C#N)CC1. The van der Waals surface area contributed by atoms with Crippen LogP contribution in [0.15, 0.2) is 53.7 Å². The first-order chi connectivity index (χ1) is 16.9. The number of allylic oxidation sites excluding steroid dienone is 1. The smallest absolute Gasteiger partial charge is 0.262 e. The third kappa shape index (κ3) is 7.38. The minimum Gasteiger partial charge on any atom is -0.383 e. The largest absolute Gasteiger partial charge is 0.383 e. The van der Waals surface area contributed by atoms with E-state index in [1.165, 1.54) is 0 Å². The van der Waals surface area contributed by atoms with Gasteiger partial charge in [0, 0.05) is 68.8 Å². The Hall–Kier alpha value is -3.22. The maximum absolute atomic E-state index is 12.9. The summed E-state index contributed by atoms with van der Waals surface area (Å²) in [5, 5.41) is 26.3. The van der Waals surface area contributed by atoms with E-state index >= 15 is 0 Å². The van der Waals surface area contributed by atoms with E-state index in [4.69, 9.17) is 21.7 Å². The molecule has 3 rings (SSSR count). The molecule has 8 nitrogen and oxygen atoms in total. The predicted octanol–water partition coefficient (Wildman–Crippen LogP) is 3.17. The second-order valence-electron chi connectivity index (χ2n) is 8.44. The Morgan fingerprint density at radius 1 is 1.29 bits per heavy atom. The second-order valence-corrected chi connectivity index (χ2v) is 8.88. The highest BCUT2D eigenvalue weighted by Gasteiger charge is 2.21. The van der Waals surface area contributed by atoms with Gasteiger partial charge in [-0.05, 0) is 43.2 Å². The van der Waals surface area contributed by atoms with Crippen LogP contribution in [0.3, 0.4) is 0 Å². The van der Waals surface area contributed by atoms with Crippen molar-refractivity contribution < 1.29 is 14.8 Å². The molecule has 2 aromatic carbocycles. The molecule has 0 unspecified atom stereocenters. The van der Waals surface area contributed by atoms with Crippen molar-refractivity contribution in [2.24, 2.45) is 0 Å². The van der Waals surface area contributed by atoms with E-state index in [-0.39, 0.29) is 5.57 Å². The normalized spacial score (nSPS) is 14.7. The van der Waals surface area contributed by atoms with Gasteiger partial charge in [0.2, 0.25) is 0 Å². The molecule has 9 heteroatoms. The summed E-state index contributed by atoms with van der Waals surface area (Å²) in [7, 11) is 1.70. The number of quaternary nitrogens is 1. The molecular formula is C26H32ClN6O2+. The highest BCUT2D eigenvalue weighted by molar-refractivity contribution is 6.30. The molecule has 0 radical (unpaired) electrons. The number of hydrogen-bond acceptors (Lipinski definition) is 6. The first-order valence-electron chi connectivity index (χ1n) is 11.6. The first-order valence-corrected chi connectivity index (χ1v) is 12.0. The zero-order valence-electron chi connectivity index (χ0n) is 20.1. The summed E-state index contributed by atoms with van der Waals surface area (Å²) in [5.41, 5.74) is 3.68. The molecule has 5 N–H and O–H groups in total. The Bertz CT molecular complexity index is 1100. The molecule has 1 fully saturated rings. The quantitative estimate of drug-likeness (QED) is 0.175. The third-order valence-electron chi connectivity index (χ3n) is 6.02. The Morgan fingerprint density at radius 3 is 2.63 bits per heavy atom. The number of methoxy groups -OCH3 is 1. The van der Waals surface area contributed by atoms with Gasteiger partial charge in [0.15, 0.2) is 0 Å². The van der Waals surface area contributed by atoms with Crippen LogP contribution in [-0.2, 0) is 9.53 Å². The summed E-state index contributed by atoms with van der Waals surface area (Å²) in [4.78, 5) is 15.1. The molecule has 0 spiro atoms. The molecule has 1 saturated heterocycles. The van der Waals surface area contributed by atoms with Gasteiger partial charge < -0.3 is 25.7 Å². The molecule has 1 amide bonds. The average molecular weight is 496 g/mol. The zero-order valence-corrected chi connectivity index (χ0v) is 20.9. The lowest BCUT2D eigenvalue weighted by atomic mass is 10.0. The number of nitrogens with two attached hydrogens (primary N) is 1. The highest BCUT2D eigenvalue weighted by Crippen LogP contribution is 2.27. The molecule has 0 bridgehead atoms. The number of piperidine rings is 1. The molecule has 0 aromatic heterocycles. The summed E-state index contributed by atoms with van der Waals surface area (Å²) in [5.74, 6) is -0.401. The van der Waals surface area contributed by atoms with Crippen LogP contribution >= 0.6 is 11.6 Å². The summed E-state index contributed by atoms with van der Waals surface area (Å²) in [6.07, 6.45) is 3.02. The van der Waals surface area contributed by atoms with Crippen molar-refractivity contribution in [3.63, 3.8) is 0 Å². The molecule has 0 saturated carbocycles. The molecule has 2 aromatic rings. The van der Waals surface area contributed by atoms with E-state index in [0.29, 0.717) is 34.6 Å². The number of carbonyl (C=O) groups is 1. The van der Waals surface area contributed by atoms with Crippen molar-refractivity contribution in [2.75, 3.05) is 43.6 Å². The van der Waals surface area contributed by atoms with Gasteiger partial charge in [0.25, 0.3) is 5.91 Å². The molecule has 0 atom stereocenters. The van der Waals surface area contributed by atoms with E-state index in [0.717, 1.165) is 50.1 Å². The van der Waals surface area contributed by atoms with Crippen LogP contribution in [0.2, 0.25) is 5.02 Å². The van der Waals surface area contributed by atoms with E-state index in [2.05, 4.69) is 21.6 Å². The van der Waals surface area contributed by atoms with Crippen molar-refractivity contribution in [3.05, 3.63) is 64.3 Å². The molecule has 0 aliphatic carbocycles. The standard InChI is InChI=1S/C26H31ClN6O2/c1-18(31-22-5-3-20(27)4-6-22)24(17-29)26(34)32-23-7-8-25(19(15-23)16-28)33-12-9-21(10-13-33)30-11-14-35-2/h3-8,15,17,21,29-31H,9-14H2,1-2H3,(H,32,34)/p+1/b24-18+,29-17?. The van der Waals surface area contributed by atoms with Crippen LogP contribution in [0.25, 0.3) is 0 Å². The highest BCUT2D eigenvalue weighted by atomic mass is 35.5. The topological polar surface area (TPSA) is 118 Å². The summed E-state index contributed by atoms with van der Waals surface area (Å²) in [6.45, 7) is 5.02. The van der Waals surface area contributed by atoms with Crippen LogP contribution in [0, 0.1) is 16.7 Å². The lowest BCUT2D eigenvalue weighted by Crippen LogP contribution is -2.75. The van der Waals surface area contributed by atoms with E-state index < -0.39 is 5.91 Å². The average Bonchev–Trinajstić information content (AvgIpc) is 2.86. The Balaban J connectivity index is 1.66. The van der Waals surface area contributed by atoms with Crippen LogP contribution in [0.5, 0.6) is 0 Å². The van der Waals surface area contributed by atoms with Crippen molar-refractivity contribution in [1.29, 1.82) is 10.7 Å². The number of carbonyl (C=O) groups excluding carboxylic acids is 1. The maximum Gasteiger partial charge on any atom is 0.262 e. The lowest BCUT2D eigenvalue weighted by Gasteiger charge is -2.34. The molecular weight excluding hydrogens is 464 g/mol. The van der Waals surface area contributed by atoms with Crippen LogP contribution < -0.4 is 20.9 Å². The van der Waals surface area contributed by atoms with Crippen LogP contribution in [0.4, 0.5) is 17.1 Å². The molecule has 1 aliphatic rings. The van der Waals surface area contributed by atoms with E-state index in [1.807, 2.05) is 23.5 Å². The van der Waals surface area contributed by atoms with Gasteiger partial charge in [-0.15, -0.1) is 0 Å². The van der Waals surface area contributed by atoms with Gasteiger partial charge in [-0.1, -0.05) is 11.6 Å². The van der Waals surface area contributed by atoms with E-state index in [9.17, 15) is 10.1 Å². The Morgan fingerprint density at radius 2 is 2.00 bits per heavy atom. The number of amides is 1. The number of benzene rings is 2. The zero-order chi connectivity index (χ0) is 25.2. The van der Waals surface area contributed by atoms with E-state index in [1.54, 1.807) is 38.3 Å². The maximum atomic E-state index is 12.9. The fourth-order valence-electron chi connectivity index (χ4n) is 4.11.